The zero-order valence-electron chi connectivity index (χ0n) is 12.2. The molecule has 0 aliphatic carbocycles. The predicted octanol–water partition coefficient (Wildman–Crippen LogP) is 0.925. The minimum Gasteiger partial charge on any atom is -0.506 e. The Morgan fingerprint density at radius 3 is 2.77 bits per heavy atom. The van der Waals surface area contributed by atoms with Crippen molar-refractivity contribution in [2.24, 2.45) is 5.16 Å². The second-order valence-electron chi connectivity index (χ2n) is 5.16. The number of oxime groups is 1. The molecule has 0 atom stereocenters. The molecule has 2 N–H and O–H groups in total. The molecule has 1 aliphatic rings. The van der Waals surface area contributed by atoms with E-state index in [1.807, 2.05) is 6.92 Å². The van der Waals surface area contributed by atoms with Crippen molar-refractivity contribution >= 4 is 23.2 Å². The summed E-state index contributed by atoms with van der Waals surface area (Å²) in [6, 6.07) is 0. The first-order chi connectivity index (χ1) is 10.7. The van der Waals surface area contributed by atoms with Crippen LogP contribution in [0.25, 0.3) is 11.0 Å². The SMILES string of the molecule is CCn1c(=O)c(/C=N/O)c(O)c2cnc(N3CCCC3)nc21. The zero-order chi connectivity index (χ0) is 15.7. The monoisotopic (exact) mass is 303 g/mol. The third kappa shape index (κ3) is 2.16. The minimum absolute atomic E-state index is 0.0747. The first-order valence-corrected chi connectivity index (χ1v) is 7.22. The molecule has 8 heteroatoms. The second kappa shape index (κ2) is 5.63. The van der Waals surface area contributed by atoms with Crippen LogP contribution in [0.2, 0.25) is 0 Å². The molecule has 2 aromatic rings. The van der Waals surface area contributed by atoms with Crippen molar-refractivity contribution in [2.75, 3.05) is 18.0 Å². The Balaban J connectivity index is 2.27. The number of anilines is 1. The molecule has 22 heavy (non-hydrogen) atoms. The molecule has 8 nitrogen and oxygen atoms in total. The first kappa shape index (κ1) is 14.3. The molecule has 3 rings (SSSR count). The van der Waals surface area contributed by atoms with E-state index in [0.717, 1.165) is 32.1 Å². The summed E-state index contributed by atoms with van der Waals surface area (Å²) in [4.78, 5) is 23.2. The molecule has 2 aromatic heterocycles. The van der Waals surface area contributed by atoms with Crippen LogP contribution < -0.4 is 10.5 Å². The topological polar surface area (TPSA) is 104 Å². The van der Waals surface area contributed by atoms with Crippen molar-refractivity contribution in [2.45, 2.75) is 26.3 Å². The molecule has 0 amide bonds. The van der Waals surface area contributed by atoms with E-state index in [-0.39, 0.29) is 11.3 Å². The fourth-order valence-electron chi connectivity index (χ4n) is 2.76. The van der Waals surface area contributed by atoms with Gasteiger partial charge in [0.05, 0.1) is 11.6 Å². The van der Waals surface area contributed by atoms with E-state index in [2.05, 4.69) is 20.0 Å². The molecule has 1 fully saturated rings. The van der Waals surface area contributed by atoms with Crippen LogP contribution >= 0.6 is 0 Å². The van der Waals surface area contributed by atoms with Crippen LogP contribution in [0.4, 0.5) is 5.95 Å². The van der Waals surface area contributed by atoms with E-state index < -0.39 is 5.56 Å². The quantitative estimate of drug-likeness (QED) is 0.496. The van der Waals surface area contributed by atoms with Crippen LogP contribution in [0.3, 0.4) is 0 Å². The molecule has 0 unspecified atom stereocenters. The summed E-state index contributed by atoms with van der Waals surface area (Å²) in [5, 5.41) is 22.1. The highest BCUT2D eigenvalue weighted by atomic mass is 16.4. The van der Waals surface area contributed by atoms with Crippen LogP contribution in [0.15, 0.2) is 16.1 Å². The number of nitrogens with zero attached hydrogens (tertiary/aromatic N) is 5. The standard InChI is InChI=1S/C14H17N5O3/c1-2-19-12-9(11(20)10(8-16-22)13(19)21)7-15-14(17-12)18-5-3-4-6-18/h7-8,20,22H,2-6H2,1H3/b16-8+. The highest BCUT2D eigenvalue weighted by Crippen LogP contribution is 2.26. The Morgan fingerprint density at radius 2 is 2.14 bits per heavy atom. The number of hydrogen-bond acceptors (Lipinski definition) is 7. The number of rotatable bonds is 3. The molecule has 0 radical (unpaired) electrons. The summed E-state index contributed by atoms with van der Waals surface area (Å²) >= 11 is 0. The van der Waals surface area contributed by atoms with Crippen LogP contribution in [-0.4, -0.2) is 44.2 Å². The van der Waals surface area contributed by atoms with Gasteiger partial charge in [0.1, 0.15) is 11.3 Å². The van der Waals surface area contributed by atoms with E-state index in [1.165, 1.54) is 10.8 Å². The molecule has 0 spiro atoms. The van der Waals surface area contributed by atoms with Gasteiger partial charge in [0.15, 0.2) is 5.65 Å². The molecule has 0 bridgehead atoms. The molecular weight excluding hydrogens is 286 g/mol. The maximum absolute atomic E-state index is 12.4. The smallest absolute Gasteiger partial charge is 0.264 e. The van der Waals surface area contributed by atoms with Gasteiger partial charge in [-0.25, -0.2) is 4.98 Å². The van der Waals surface area contributed by atoms with Crippen molar-refractivity contribution in [1.82, 2.24) is 14.5 Å². The summed E-state index contributed by atoms with van der Waals surface area (Å²) in [5.74, 6) is 0.296. The molecule has 3 heterocycles. The summed E-state index contributed by atoms with van der Waals surface area (Å²) in [6.45, 7) is 3.99. The number of fused-ring (bicyclic) bond motifs is 1. The van der Waals surface area contributed by atoms with Crippen LogP contribution in [0.1, 0.15) is 25.3 Å². The van der Waals surface area contributed by atoms with Gasteiger partial charge in [0.25, 0.3) is 5.56 Å². The summed E-state index contributed by atoms with van der Waals surface area (Å²) in [7, 11) is 0. The van der Waals surface area contributed by atoms with Gasteiger partial charge in [-0.15, -0.1) is 0 Å². The van der Waals surface area contributed by atoms with Crippen LogP contribution in [0.5, 0.6) is 5.75 Å². The number of aromatic hydroxyl groups is 1. The number of hydrogen-bond donors (Lipinski definition) is 2. The van der Waals surface area contributed by atoms with Crippen molar-refractivity contribution in [3.8, 4) is 5.75 Å². The van der Waals surface area contributed by atoms with Gasteiger partial charge < -0.3 is 15.2 Å². The van der Waals surface area contributed by atoms with Crippen LogP contribution in [0, 0.1) is 0 Å². The van der Waals surface area contributed by atoms with Gasteiger partial charge in [0.2, 0.25) is 5.95 Å². The normalized spacial score (nSPS) is 15.2. The lowest BCUT2D eigenvalue weighted by atomic mass is 10.2. The third-order valence-electron chi connectivity index (χ3n) is 3.89. The number of pyridine rings is 1. The van der Waals surface area contributed by atoms with E-state index in [1.54, 1.807) is 0 Å². The number of aromatic nitrogens is 3. The summed E-state index contributed by atoms with van der Waals surface area (Å²) in [5.41, 5.74) is -0.136. The summed E-state index contributed by atoms with van der Waals surface area (Å²) < 4.78 is 1.44. The van der Waals surface area contributed by atoms with Crippen LogP contribution in [-0.2, 0) is 6.54 Å². The molecule has 0 aromatic carbocycles. The minimum atomic E-state index is -0.448. The van der Waals surface area contributed by atoms with Gasteiger partial charge in [-0.2, -0.15) is 4.98 Å². The van der Waals surface area contributed by atoms with Gasteiger partial charge in [-0.05, 0) is 19.8 Å². The first-order valence-electron chi connectivity index (χ1n) is 7.22. The molecule has 1 aliphatic heterocycles. The van der Waals surface area contributed by atoms with Gasteiger partial charge >= 0.3 is 0 Å². The third-order valence-corrected chi connectivity index (χ3v) is 3.89. The van der Waals surface area contributed by atoms with Crippen molar-refractivity contribution in [1.29, 1.82) is 0 Å². The lowest BCUT2D eigenvalue weighted by molar-refractivity contribution is 0.321. The molecule has 116 valence electrons. The maximum atomic E-state index is 12.4. The Labute approximate surface area is 126 Å². The Hall–Kier alpha value is -2.64. The van der Waals surface area contributed by atoms with Gasteiger partial charge in [-0.3, -0.25) is 9.36 Å². The molecule has 1 saturated heterocycles. The maximum Gasteiger partial charge on any atom is 0.264 e. The highest BCUT2D eigenvalue weighted by molar-refractivity contribution is 5.93. The van der Waals surface area contributed by atoms with Crippen molar-refractivity contribution < 1.29 is 10.3 Å². The second-order valence-corrected chi connectivity index (χ2v) is 5.16. The lowest BCUT2D eigenvalue weighted by Crippen LogP contribution is -2.26. The lowest BCUT2D eigenvalue weighted by Gasteiger charge is -2.17. The Bertz CT molecular complexity index is 793. The number of aryl methyl sites for hydroxylation is 1. The van der Waals surface area contributed by atoms with E-state index >= 15 is 0 Å². The van der Waals surface area contributed by atoms with Crippen molar-refractivity contribution in [3.05, 3.63) is 22.1 Å². The average molecular weight is 303 g/mol. The molecular formula is C14H17N5O3. The van der Waals surface area contributed by atoms with E-state index in [0.29, 0.717) is 23.5 Å². The van der Waals surface area contributed by atoms with Gasteiger partial charge in [0, 0.05) is 25.8 Å². The zero-order valence-corrected chi connectivity index (χ0v) is 12.2. The van der Waals surface area contributed by atoms with E-state index in [9.17, 15) is 9.90 Å². The highest BCUT2D eigenvalue weighted by Gasteiger charge is 2.20. The van der Waals surface area contributed by atoms with Gasteiger partial charge in [-0.1, -0.05) is 5.16 Å². The fraction of sp³-hybridized carbons (Fsp3) is 0.429. The Kier molecular flexibility index (Phi) is 3.66. The largest absolute Gasteiger partial charge is 0.506 e. The van der Waals surface area contributed by atoms with E-state index in [4.69, 9.17) is 5.21 Å². The predicted molar refractivity (Wildman–Crippen MR) is 82.0 cm³/mol. The average Bonchev–Trinajstić information content (AvgIpc) is 3.06. The fourth-order valence-corrected chi connectivity index (χ4v) is 2.76. The van der Waals surface area contributed by atoms with Crippen molar-refractivity contribution in [3.63, 3.8) is 0 Å². The molecule has 0 saturated carbocycles. The Morgan fingerprint density at radius 1 is 1.41 bits per heavy atom. The summed E-state index contributed by atoms with van der Waals surface area (Å²) in [6.07, 6.45) is 4.63.